The van der Waals surface area contributed by atoms with Crippen LogP contribution in [0, 0.1) is 0 Å². The van der Waals surface area contributed by atoms with Gasteiger partial charge in [-0.15, -0.1) is 16.4 Å². The van der Waals surface area contributed by atoms with Crippen LogP contribution in [0.2, 0.25) is 0 Å². The van der Waals surface area contributed by atoms with Crippen molar-refractivity contribution in [1.82, 2.24) is 15.5 Å². The average Bonchev–Trinajstić information content (AvgIpc) is 2.98. The number of nitrogens with zero attached hydrogens (tertiary/aromatic N) is 2. The smallest absolute Gasteiger partial charge is 0.316 e. The van der Waals surface area contributed by atoms with E-state index in [0.29, 0.717) is 11.9 Å². The normalized spacial score (nSPS) is 14.5. The van der Waals surface area contributed by atoms with E-state index in [-0.39, 0.29) is 12.1 Å². The van der Waals surface area contributed by atoms with Crippen LogP contribution < -0.4 is 10.6 Å². The summed E-state index contributed by atoms with van der Waals surface area (Å²) in [5.41, 5.74) is 0. The topological polar surface area (TPSA) is 63.0 Å². The molecule has 0 saturated heterocycles. The highest BCUT2D eigenvalue weighted by Crippen LogP contribution is 2.23. The van der Waals surface area contributed by atoms with Crippen molar-refractivity contribution < 1.29 is 4.42 Å². The summed E-state index contributed by atoms with van der Waals surface area (Å²) in [6.45, 7) is 4.04. The van der Waals surface area contributed by atoms with Gasteiger partial charge in [0.25, 0.3) is 0 Å². The Hall–Kier alpha value is -1.40. The van der Waals surface area contributed by atoms with Gasteiger partial charge in [-0.3, -0.25) is 0 Å². The van der Waals surface area contributed by atoms with Crippen LogP contribution in [0.15, 0.2) is 21.9 Å². The van der Waals surface area contributed by atoms with Crippen LogP contribution in [-0.2, 0) is 0 Å². The third-order valence-corrected chi connectivity index (χ3v) is 3.61. The van der Waals surface area contributed by atoms with Crippen molar-refractivity contribution in [2.45, 2.75) is 25.9 Å². The summed E-state index contributed by atoms with van der Waals surface area (Å²) in [6, 6.07) is 4.81. The standard InChI is InChI=1S/C11H16N4OS/c1-7(9-5-4-6-17-9)13-11-15-14-10(16-11)8(2)12-3/h4-8,12H,1-3H3,(H,13,15). The molecule has 0 radical (unpaired) electrons. The fraction of sp³-hybridized carbons (Fsp3) is 0.455. The lowest BCUT2D eigenvalue weighted by molar-refractivity contribution is 0.439. The summed E-state index contributed by atoms with van der Waals surface area (Å²) < 4.78 is 5.51. The molecule has 2 atom stereocenters. The molecule has 2 heterocycles. The molecule has 2 rings (SSSR count). The molecular weight excluding hydrogens is 236 g/mol. The molecule has 2 unspecified atom stereocenters. The Kier molecular flexibility index (Phi) is 3.75. The summed E-state index contributed by atoms with van der Waals surface area (Å²) in [6.07, 6.45) is 0. The average molecular weight is 252 g/mol. The number of aromatic nitrogens is 2. The molecule has 0 amide bonds. The number of nitrogens with one attached hydrogen (secondary N) is 2. The Labute approximate surface area is 104 Å². The molecule has 6 heteroatoms. The Morgan fingerprint density at radius 1 is 1.29 bits per heavy atom. The lowest BCUT2D eigenvalue weighted by atomic mass is 10.3. The molecule has 0 aromatic carbocycles. The maximum Gasteiger partial charge on any atom is 0.316 e. The minimum atomic E-state index is 0.0649. The third kappa shape index (κ3) is 2.83. The Bertz CT molecular complexity index is 454. The predicted octanol–water partition coefficient (Wildman–Crippen LogP) is 2.58. The minimum absolute atomic E-state index is 0.0649. The maximum absolute atomic E-state index is 5.51. The van der Waals surface area contributed by atoms with E-state index in [0.717, 1.165) is 0 Å². The van der Waals surface area contributed by atoms with Gasteiger partial charge >= 0.3 is 6.01 Å². The summed E-state index contributed by atoms with van der Waals surface area (Å²) in [5, 5.41) is 16.2. The summed E-state index contributed by atoms with van der Waals surface area (Å²) >= 11 is 1.70. The summed E-state index contributed by atoms with van der Waals surface area (Å²) in [5.74, 6) is 0.591. The second-order valence-corrected chi connectivity index (χ2v) is 4.82. The van der Waals surface area contributed by atoms with Gasteiger partial charge in [-0.25, -0.2) is 0 Å². The zero-order chi connectivity index (χ0) is 12.3. The van der Waals surface area contributed by atoms with Gasteiger partial charge < -0.3 is 15.1 Å². The van der Waals surface area contributed by atoms with Crippen LogP contribution in [-0.4, -0.2) is 17.2 Å². The molecule has 92 valence electrons. The lowest BCUT2D eigenvalue weighted by Crippen LogP contribution is -2.12. The van der Waals surface area contributed by atoms with Gasteiger partial charge in [-0.1, -0.05) is 11.2 Å². The van der Waals surface area contributed by atoms with Gasteiger partial charge in [0.05, 0.1) is 12.1 Å². The van der Waals surface area contributed by atoms with Crippen LogP contribution in [0.25, 0.3) is 0 Å². The van der Waals surface area contributed by atoms with Gasteiger partial charge in [0.15, 0.2) is 0 Å². The van der Waals surface area contributed by atoms with Crippen LogP contribution in [0.5, 0.6) is 0 Å². The van der Waals surface area contributed by atoms with Crippen LogP contribution in [0.3, 0.4) is 0 Å². The van der Waals surface area contributed by atoms with Crippen molar-refractivity contribution in [2.24, 2.45) is 0 Å². The van der Waals surface area contributed by atoms with E-state index < -0.39 is 0 Å². The largest absolute Gasteiger partial charge is 0.406 e. The molecule has 0 fully saturated rings. The highest BCUT2D eigenvalue weighted by atomic mass is 32.1. The first-order valence-electron chi connectivity index (χ1n) is 5.51. The molecule has 5 nitrogen and oxygen atoms in total. The zero-order valence-corrected chi connectivity index (χ0v) is 10.9. The Balaban J connectivity index is 2.02. The van der Waals surface area contributed by atoms with E-state index in [2.05, 4.69) is 39.2 Å². The van der Waals surface area contributed by atoms with E-state index in [1.165, 1.54) is 4.88 Å². The second kappa shape index (κ2) is 5.29. The molecule has 0 spiro atoms. The summed E-state index contributed by atoms with van der Waals surface area (Å²) in [4.78, 5) is 1.24. The first-order valence-corrected chi connectivity index (χ1v) is 6.39. The van der Waals surface area contributed by atoms with Crippen LogP contribution in [0.4, 0.5) is 6.01 Å². The number of thiophene rings is 1. The van der Waals surface area contributed by atoms with Crippen molar-refractivity contribution in [2.75, 3.05) is 12.4 Å². The fourth-order valence-electron chi connectivity index (χ4n) is 1.39. The van der Waals surface area contributed by atoms with E-state index in [4.69, 9.17) is 4.42 Å². The SMILES string of the molecule is CNC(C)c1nnc(NC(C)c2cccs2)o1. The maximum atomic E-state index is 5.51. The molecule has 0 saturated carbocycles. The van der Waals surface area contributed by atoms with Crippen molar-refractivity contribution in [3.63, 3.8) is 0 Å². The Morgan fingerprint density at radius 2 is 2.12 bits per heavy atom. The van der Waals surface area contributed by atoms with E-state index in [1.54, 1.807) is 11.3 Å². The van der Waals surface area contributed by atoms with Gasteiger partial charge in [0, 0.05) is 4.88 Å². The fourth-order valence-corrected chi connectivity index (χ4v) is 2.12. The molecule has 0 aliphatic heterocycles. The Morgan fingerprint density at radius 3 is 2.76 bits per heavy atom. The van der Waals surface area contributed by atoms with E-state index >= 15 is 0 Å². The van der Waals surface area contributed by atoms with E-state index in [1.807, 2.05) is 20.0 Å². The van der Waals surface area contributed by atoms with E-state index in [9.17, 15) is 0 Å². The van der Waals surface area contributed by atoms with Gasteiger partial charge in [0.1, 0.15) is 0 Å². The molecule has 2 aromatic rings. The first-order chi connectivity index (χ1) is 8.20. The number of anilines is 1. The molecule has 2 aromatic heterocycles. The highest BCUT2D eigenvalue weighted by Gasteiger charge is 2.14. The van der Waals surface area contributed by atoms with Crippen molar-refractivity contribution in [1.29, 1.82) is 0 Å². The van der Waals surface area contributed by atoms with Gasteiger partial charge in [-0.05, 0) is 32.3 Å². The predicted molar refractivity (Wildman–Crippen MR) is 68.1 cm³/mol. The van der Waals surface area contributed by atoms with Crippen LogP contribution in [0.1, 0.15) is 36.7 Å². The molecule has 17 heavy (non-hydrogen) atoms. The quantitative estimate of drug-likeness (QED) is 0.856. The molecule has 2 N–H and O–H groups in total. The molecular formula is C11H16N4OS. The molecule has 0 bridgehead atoms. The highest BCUT2D eigenvalue weighted by molar-refractivity contribution is 7.10. The first kappa shape index (κ1) is 12.1. The monoisotopic (exact) mass is 252 g/mol. The third-order valence-electron chi connectivity index (χ3n) is 2.55. The minimum Gasteiger partial charge on any atom is -0.406 e. The zero-order valence-electron chi connectivity index (χ0n) is 10.1. The van der Waals surface area contributed by atoms with Gasteiger partial charge in [0.2, 0.25) is 5.89 Å². The van der Waals surface area contributed by atoms with Crippen molar-refractivity contribution in [3.05, 3.63) is 28.3 Å². The number of rotatable bonds is 5. The molecule has 0 aliphatic carbocycles. The van der Waals surface area contributed by atoms with Crippen molar-refractivity contribution >= 4 is 17.4 Å². The number of hydrogen-bond donors (Lipinski definition) is 2. The van der Waals surface area contributed by atoms with Crippen LogP contribution >= 0.6 is 11.3 Å². The summed E-state index contributed by atoms with van der Waals surface area (Å²) in [7, 11) is 1.86. The molecule has 0 aliphatic rings. The van der Waals surface area contributed by atoms with Gasteiger partial charge in [-0.2, -0.15) is 0 Å². The lowest BCUT2D eigenvalue weighted by Gasteiger charge is -2.09. The number of hydrogen-bond acceptors (Lipinski definition) is 6. The second-order valence-electron chi connectivity index (χ2n) is 3.84. The van der Waals surface area contributed by atoms with Crippen molar-refractivity contribution in [3.8, 4) is 0 Å².